The molecule has 2 fully saturated rings. The van der Waals surface area contributed by atoms with E-state index in [2.05, 4.69) is 11.9 Å². The van der Waals surface area contributed by atoms with Crippen molar-refractivity contribution in [1.82, 2.24) is 4.98 Å². The fourth-order valence-electron chi connectivity index (χ4n) is 6.82. The van der Waals surface area contributed by atoms with E-state index in [0.717, 1.165) is 28.8 Å². The van der Waals surface area contributed by atoms with Crippen LogP contribution in [-0.4, -0.2) is 51.8 Å². The Morgan fingerprint density at radius 3 is 2.65 bits per heavy atom. The smallest absolute Gasteiger partial charge is 0.488 e. The average Bonchev–Trinajstić information content (AvgIpc) is 3.55. The highest BCUT2D eigenvalue weighted by Gasteiger charge is 2.57. The molecule has 220 valence electrons. The van der Waals surface area contributed by atoms with Gasteiger partial charge in [0.15, 0.2) is 11.6 Å². The zero-order valence-electron chi connectivity index (χ0n) is 23.7. The molecule has 2 aliphatic heterocycles. The van der Waals surface area contributed by atoms with Gasteiger partial charge in [-0.3, -0.25) is 19.5 Å². The van der Waals surface area contributed by atoms with Crippen molar-refractivity contribution >= 4 is 41.7 Å². The SMILES string of the molecule is CCC1=C2[C@@H](CC/C(=C/c3ccc(O)c(F)c3)c3ccccn3)OC[C@@H]2[C@@H]2C(=O)N(c3cccc(B(O)O)c3)C(=O)[C@@H]2C1. The van der Waals surface area contributed by atoms with Gasteiger partial charge in [0.05, 0.1) is 35.9 Å². The van der Waals surface area contributed by atoms with Crippen molar-refractivity contribution in [2.45, 2.75) is 38.7 Å². The van der Waals surface area contributed by atoms with Crippen LogP contribution >= 0.6 is 0 Å². The number of halogens is 1. The second-order valence-electron chi connectivity index (χ2n) is 11.3. The number of imide groups is 1. The number of phenols is 1. The number of carbonyl (C=O) groups excluding carboxylic acids is 2. The summed E-state index contributed by atoms with van der Waals surface area (Å²) in [5, 5.41) is 28.9. The Bertz CT molecular complexity index is 1620. The van der Waals surface area contributed by atoms with Crippen molar-refractivity contribution in [3.05, 3.63) is 95.1 Å². The van der Waals surface area contributed by atoms with Gasteiger partial charge >= 0.3 is 7.12 Å². The minimum absolute atomic E-state index is 0.206. The highest BCUT2D eigenvalue weighted by molar-refractivity contribution is 6.58. The van der Waals surface area contributed by atoms with Crippen LogP contribution in [0.1, 0.15) is 43.9 Å². The molecule has 6 rings (SSSR count). The molecule has 3 aliphatic rings. The number of aromatic hydroxyl groups is 1. The fourth-order valence-corrected chi connectivity index (χ4v) is 6.82. The Balaban J connectivity index is 1.26. The molecule has 10 heteroatoms. The summed E-state index contributed by atoms with van der Waals surface area (Å²) in [6, 6.07) is 16.1. The van der Waals surface area contributed by atoms with E-state index in [9.17, 15) is 29.1 Å². The highest BCUT2D eigenvalue weighted by atomic mass is 19.1. The number of benzene rings is 2. The lowest BCUT2D eigenvalue weighted by Gasteiger charge is -2.31. The van der Waals surface area contributed by atoms with Crippen molar-refractivity contribution in [3.8, 4) is 5.75 Å². The minimum atomic E-state index is -1.71. The largest absolute Gasteiger partial charge is 0.505 e. The summed E-state index contributed by atoms with van der Waals surface area (Å²) in [6.07, 6.45) is 5.71. The number of anilines is 1. The lowest BCUT2D eigenvalue weighted by Crippen LogP contribution is -2.35. The molecule has 0 radical (unpaired) electrons. The van der Waals surface area contributed by atoms with E-state index in [-0.39, 0.29) is 29.3 Å². The first kappa shape index (κ1) is 29.0. The number of phenolic OH excluding ortho intramolecular Hbond substituents is 1. The molecule has 0 spiro atoms. The van der Waals surface area contributed by atoms with Crippen LogP contribution in [0.25, 0.3) is 11.6 Å². The molecule has 4 atom stereocenters. The zero-order valence-corrected chi connectivity index (χ0v) is 23.7. The number of nitrogens with zero attached hydrogens (tertiary/aromatic N) is 2. The summed E-state index contributed by atoms with van der Waals surface area (Å²) in [5.41, 5.74) is 5.01. The van der Waals surface area contributed by atoms with Gasteiger partial charge in [0.2, 0.25) is 11.8 Å². The Hall–Kier alpha value is -4.12. The topological polar surface area (TPSA) is 120 Å². The summed E-state index contributed by atoms with van der Waals surface area (Å²) in [5.74, 6) is -2.92. The first-order chi connectivity index (χ1) is 20.8. The van der Waals surface area contributed by atoms with Gasteiger partial charge in [-0.15, -0.1) is 0 Å². The van der Waals surface area contributed by atoms with Crippen molar-refractivity contribution in [2.24, 2.45) is 17.8 Å². The Labute approximate surface area is 249 Å². The number of carbonyl (C=O) groups is 2. The van der Waals surface area contributed by atoms with E-state index in [4.69, 9.17) is 4.74 Å². The molecule has 0 bridgehead atoms. The zero-order chi connectivity index (χ0) is 30.2. The van der Waals surface area contributed by atoms with E-state index >= 15 is 0 Å². The molecule has 43 heavy (non-hydrogen) atoms. The minimum Gasteiger partial charge on any atom is -0.505 e. The molecule has 0 saturated carbocycles. The van der Waals surface area contributed by atoms with Crippen LogP contribution in [0.2, 0.25) is 0 Å². The molecule has 3 heterocycles. The molecule has 1 aliphatic carbocycles. The van der Waals surface area contributed by atoms with Gasteiger partial charge in [0.1, 0.15) is 0 Å². The predicted octanol–water partition coefficient (Wildman–Crippen LogP) is 3.86. The van der Waals surface area contributed by atoms with Crippen LogP contribution in [-0.2, 0) is 14.3 Å². The molecule has 2 saturated heterocycles. The third-order valence-electron chi connectivity index (χ3n) is 8.84. The van der Waals surface area contributed by atoms with E-state index in [1.165, 1.54) is 29.2 Å². The molecular weight excluding hydrogens is 550 g/mol. The number of hydrogen-bond donors (Lipinski definition) is 3. The molecule has 3 N–H and O–H groups in total. The van der Waals surface area contributed by atoms with Crippen molar-refractivity contribution in [3.63, 3.8) is 0 Å². The van der Waals surface area contributed by atoms with Crippen LogP contribution in [0.15, 0.2) is 78.0 Å². The van der Waals surface area contributed by atoms with Crippen LogP contribution < -0.4 is 10.4 Å². The lowest BCUT2D eigenvalue weighted by molar-refractivity contribution is -0.122. The number of amides is 2. The second kappa shape index (κ2) is 11.9. The first-order valence-electron chi connectivity index (χ1n) is 14.5. The summed E-state index contributed by atoms with van der Waals surface area (Å²) < 4.78 is 20.4. The molecule has 8 nitrogen and oxygen atoms in total. The number of ether oxygens (including phenoxy) is 1. The molecule has 2 amide bonds. The van der Waals surface area contributed by atoms with E-state index in [1.807, 2.05) is 24.3 Å². The van der Waals surface area contributed by atoms with Gasteiger partial charge in [-0.05, 0) is 90.3 Å². The molecule has 2 aromatic carbocycles. The third kappa shape index (κ3) is 5.42. The normalized spacial score (nSPS) is 23.5. The summed E-state index contributed by atoms with van der Waals surface area (Å²) in [4.78, 5) is 33.1. The Kier molecular flexibility index (Phi) is 8.00. The summed E-state index contributed by atoms with van der Waals surface area (Å²) in [7, 11) is -1.71. The van der Waals surface area contributed by atoms with E-state index < -0.39 is 30.5 Å². The summed E-state index contributed by atoms with van der Waals surface area (Å²) in [6.45, 7) is 2.39. The number of fused-ring (bicyclic) bond motifs is 3. The number of allylic oxidation sites excluding steroid dienone is 2. The Morgan fingerprint density at radius 2 is 1.93 bits per heavy atom. The molecule has 0 unspecified atom stereocenters. The maximum atomic E-state index is 14.1. The molecular formula is C33H32BFN2O6. The number of pyridine rings is 1. The lowest BCUT2D eigenvalue weighted by atomic mass is 9.69. The van der Waals surface area contributed by atoms with Crippen molar-refractivity contribution < 1.29 is 33.9 Å². The van der Waals surface area contributed by atoms with Gasteiger partial charge in [-0.1, -0.05) is 36.8 Å². The van der Waals surface area contributed by atoms with Gasteiger partial charge < -0.3 is 19.9 Å². The quantitative estimate of drug-likeness (QED) is 0.210. The van der Waals surface area contributed by atoms with Crippen molar-refractivity contribution in [2.75, 3.05) is 11.5 Å². The van der Waals surface area contributed by atoms with E-state index in [0.29, 0.717) is 37.1 Å². The van der Waals surface area contributed by atoms with Crippen LogP contribution in [0.4, 0.5) is 10.1 Å². The Morgan fingerprint density at radius 1 is 1.09 bits per heavy atom. The van der Waals surface area contributed by atoms with Gasteiger partial charge in [-0.25, -0.2) is 4.39 Å². The summed E-state index contributed by atoms with van der Waals surface area (Å²) >= 11 is 0. The van der Waals surface area contributed by atoms with Gasteiger partial charge in [0, 0.05) is 12.1 Å². The highest BCUT2D eigenvalue weighted by Crippen LogP contribution is 2.51. The monoisotopic (exact) mass is 582 g/mol. The number of hydrogen-bond acceptors (Lipinski definition) is 7. The average molecular weight is 582 g/mol. The maximum Gasteiger partial charge on any atom is 0.488 e. The van der Waals surface area contributed by atoms with Crippen molar-refractivity contribution in [1.29, 1.82) is 0 Å². The van der Waals surface area contributed by atoms with Gasteiger partial charge in [-0.2, -0.15) is 0 Å². The standard InChI is InChI=1S/C33H32BFN2O6/c1-2-20-16-24-31(33(40)37(32(24)39)23-7-5-6-22(17-23)34(41)42)25-18-43-29(30(20)25)12-10-21(27-8-3-4-13-36-27)14-19-9-11-28(38)26(35)15-19/h3-9,11,13-15,17,24-25,29,31,38,41-42H,2,10,12,16,18H2,1H3/b21-14-/t24-,25+,29-,31-/m1/s1. The van der Waals surface area contributed by atoms with E-state index in [1.54, 1.807) is 24.4 Å². The third-order valence-corrected chi connectivity index (χ3v) is 8.84. The fraction of sp³-hybridized carbons (Fsp3) is 0.303. The number of rotatable bonds is 8. The van der Waals surface area contributed by atoms with Gasteiger partial charge in [0.25, 0.3) is 0 Å². The first-order valence-corrected chi connectivity index (χ1v) is 14.5. The second-order valence-corrected chi connectivity index (χ2v) is 11.3. The molecule has 3 aromatic rings. The van der Waals surface area contributed by atoms with Crippen LogP contribution in [0.3, 0.4) is 0 Å². The maximum absolute atomic E-state index is 14.1. The van der Waals surface area contributed by atoms with Crippen LogP contribution in [0, 0.1) is 23.6 Å². The number of aromatic nitrogens is 1. The van der Waals surface area contributed by atoms with Crippen LogP contribution in [0.5, 0.6) is 5.75 Å². The predicted molar refractivity (Wildman–Crippen MR) is 160 cm³/mol. The molecule has 1 aromatic heterocycles.